The maximum atomic E-state index is 13.2. The predicted molar refractivity (Wildman–Crippen MR) is 104 cm³/mol. The Labute approximate surface area is 164 Å². The maximum Gasteiger partial charge on any atom is 0.227 e. The van der Waals surface area contributed by atoms with E-state index in [4.69, 9.17) is 11.6 Å². The number of rotatable bonds is 4. The molecule has 2 aromatic carbocycles. The molecular formula is C21H24ClFN2O2. The zero-order valence-electron chi connectivity index (χ0n) is 15.5. The van der Waals surface area contributed by atoms with Gasteiger partial charge in [-0.2, -0.15) is 0 Å². The molecule has 0 radical (unpaired) electrons. The molecule has 1 saturated heterocycles. The van der Waals surface area contributed by atoms with Crippen molar-refractivity contribution in [1.82, 2.24) is 9.80 Å². The van der Waals surface area contributed by atoms with Crippen LogP contribution >= 0.6 is 11.6 Å². The molecule has 1 N–H and O–H groups in total. The highest BCUT2D eigenvalue weighted by atomic mass is 35.5. The Morgan fingerprint density at radius 3 is 2.63 bits per heavy atom. The third-order valence-electron chi connectivity index (χ3n) is 5.31. The van der Waals surface area contributed by atoms with Crippen LogP contribution in [0, 0.1) is 5.82 Å². The molecule has 1 amide bonds. The van der Waals surface area contributed by atoms with Gasteiger partial charge in [0, 0.05) is 18.1 Å². The highest BCUT2D eigenvalue weighted by Crippen LogP contribution is 2.35. The van der Waals surface area contributed by atoms with Gasteiger partial charge in [0.05, 0.1) is 12.5 Å². The second-order valence-corrected chi connectivity index (χ2v) is 7.68. The number of nitrogens with zero attached hydrogens (tertiary/aromatic N) is 2. The van der Waals surface area contributed by atoms with Crippen molar-refractivity contribution in [3.63, 3.8) is 0 Å². The van der Waals surface area contributed by atoms with Crippen molar-refractivity contribution in [3.05, 3.63) is 70.5 Å². The molecule has 144 valence electrons. The first-order valence-electron chi connectivity index (χ1n) is 8.97. The number of amides is 1. The summed E-state index contributed by atoms with van der Waals surface area (Å²) < 4.78 is 13.2. The number of carbonyl (C=O) groups excluding carboxylic acids is 1. The highest BCUT2D eigenvalue weighted by molar-refractivity contribution is 6.31. The van der Waals surface area contributed by atoms with Crippen molar-refractivity contribution >= 4 is 17.5 Å². The summed E-state index contributed by atoms with van der Waals surface area (Å²) in [6.45, 7) is 0.865. The van der Waals surface area contributed by atoms with E-state index in [1.165, 1.54) is 12.1 Å². The number of piperidine rings is 1. The number of halogens is 2. The van der Waals surface area contributed by atoms with Crippen LogP contribution in [0.3, 0.4) is 0 Å². The maximum absolute atomic E-state index is 13.2. The fraction of sp³-hybridized carbons (Fsp3) is 0.381. The summed E-state index contributed by atoms with van der Waals surface area (Å²) in [5, 5.41) is 11.6. The summed E-state index contributed by atoms with van der Waals surface area (Å²) in [7, 11) is 3.81. The number of aliphatic hydroxyl groups is 1. The SMILES string of the molecule is CN(C)[C@@H]1CN(C(=O)Cc2ccc(F)cc2Cl)CC[C@]1(O)c1ccccc1. The number of hydrogen-bond donors (Lipinski definition) is 1. The van der Waals surface area contributed by atoms with Crippen molar-refractivity contribution in [2.24, 2.45) is 0 Å². The molecule has 1 aliphatic rings. The normalized spacial score (nSPS) is 22.9. The van der Waals surface area contributed by atoms with E-state index in [1.54, 1.807) is 11.0 Å². The molecule has 1 fully saturated rings. The van der Waals surface area contributed by atoms with Gasteiger partial charge in [0.1, 0.15) is 11.4 Å². The molecule has 2 atom stereocenters. The van der Waals surface area contributed by atoms with Crippen molar-refractivity contribution in [2.45, 2.75) is 24.5 Å². The Morgan fingerprint density at radius 1 is 1.30 bits per heavy atom. The largest absolute Gasteiger partial charge is 0.383 e. The van der Waals surface area contributed by atoms with Crippen LogP contribution in [0.2, 0.25) is 5.02 Å². The lowest BCUT2D eigenvalue weighted by Gasteiger charge is -2.47. The molecule has 0 spiro atoms. The highest BCUT2D eigenvalue weighted by Gasteiger charge is 2.44. The lowest BCUT2D eigenvalue weighted by molar-refractivity contribution is -0.141. The molecule has 3 rings (SSSR count). The first kappa shape index (κ1) is 19.8. The number of carbonyl (C=O) groups is 1. The Morgan fingerprint density at radius 2 is 2.00 bits per heavy atom. The minimum Gasteiger partial charge on any atom is -0.383 e. The first-order valence-corrected chi connectivity index (χ1v) is 9.35. The van der Waals surface area contributed by atoms with Gasteiger partial charge in [-0.25, -0.2) is 4.39 Å². The Hall–Kier alpha value is -1.95. The van der Waals surface area contributed by atoms with Crippen molar-refractivity contribution < 1.29 is 14.3 Å². The van der Waals surface area contributed by atoms with E-state index in [2.05, 4.69) is 0 Å². The van der Waals surface area contributed by atoms with Crippen LogP contribution in [0.25, 0.3) is 0 Å². The second kappa shape index (κ2) is 7.97. The fourth-order valence-corrected chi connectivity index (χ4v) is 3.98. The summed E-state index contributed by atoms with van der Waals surface area (Å²) >= 11 is 6.06. The van der Waals surface area contributed by atoms with E-state index in [-0.39, 0.29) is 23.4 Å². The third-order valence-corrected chi connectivity index (χ3v) is 5.67. The Kier molecular flexibility index (Phi) is 5.84. The summed E-state index contributed by atoms with van der Waals surface area (Å²) in [6, 6.07) is 13.4. The fourth-order valence-electron chi connectivity index (χ4n) is 3.74. The van der Waals surface area contributed by atoms with Crippen LogP contribution in [0.15, 0.2) is 48.5 Å². The Bertz CT molecular complexity index is 815. The number of likely N-dealkylation sites (tertiary alicyclic amines) is 1. The zero-order chi connectivity index (χ0) is 19.6. The molecule has 0 bridgehead atoms. The van der Waals surface area contributed by atoms with Crippen LogP contribution < -0.4 is 0 Å². The molecule has 0 aromatic heterocycles. The summed E-state index contributed by atoms with van der Waals surface area (Å²) in [5.74, 6) is -0.500. The van der Waals surface area contributed by atoms with E-state index < -0.39 is 11.4 Å². The van der Waals surface area contributed by atoms with E-state index in [0.29, 0.717) is 25.1 Å². The quantitative estimate of drug-likeness (QED) is 0.872. The standard InChI is InChI=1S/C21H24ClFN2O2/c1-24(2)19-14-25(11-10-21(19,27)16-6-4-3-5-7-16)20(26)12-15-8-9-17(23)13-18(15)22/h3-9,13,19,27H,10-12,14H2,1-2H3/t19-,21+/m1/s1. The lowest BCUT2D eigenvalue weighted by atomic mass is 9.79. The molecule has 1 heterocycles. The second-order valence-electron chi connectivity index (χ2n) is 7.27. The van der Waals surface area contributed by atoms with Gasteiger partial charge in [-0.15, -0.1) is 0 Å². The summed E-state index contributed by atoms with van der Waals surface area (Å²) in [5.41, 5.74) is 0.445. The average Bonchev–Trinajstić information content (AvgIpc) is 2.64. The summed E-state index contributed by atoms with van der Waals surface area (Å²) in [4.78, 5) is 16.5. The smallest absolute Gasteiger partial charge is 0.227 e. The molecule has 0 unspecified atom stereocenters. The molecule has 0 saturated carbocycles. The van der Waals surface area contributed by atoms with Crippen LogP contribution in [0.5, 0.6) is 0 Å². The van der Waals surface area contributed by atoms with E-state index in [0.717, 1.165) is 5.56 Å². The first-order chi connectivity index (χ1) is 12.8. The van der Waals surface area contributed by atoms with Gasteiger partial charge < -0.3 is 14.9 Å². The Balaban J connectivity index is 1.77. The third kappa shape index (κ3) is 4.15. The van der Waals surface area contributed by atoms with Gasteiger partial charge >= 0.3 is 0 Å². The van der Waals surface area contributed by atoms with Gasteiger partial charge in [0.15, 0.2) is 0 Å². The minimum absolute atomic E-state index is 0.0783. The van der Waals surface area contributed by atoms with Gasteiger partial charge in [-0.1, -0.05) is 48.0 Å². The van der Waals surface area contributed by atoms with Gasteiger partial charge in [0.25, 0.3) is 0 Å². The molecular weight excluding hydrogens is 367 g/mol. The predicted octanol–water partition coefficient (Wildman–Crippen LogP) is 3.07. The minimum atomic E-state index is -1.02. The van der Waals surface area contributed by atoms with E-state index >= 15 is 0 Å². The summed E-state index contributed by atoms with van der Waals surface area (Å²) in [6.07, 6.45) is 0.561. The molecule has 1 aliphatic heterocycles. The van der Waals surface area contributed by atoms with Crippen molar-refractivity contribution in [2.75, 3.05) is 27.2 Å². The average molecular weight is 391 g/mol. The van der Waals surface area contributed by atoms with Crippen molar-refractivity contribution in [1.29, 1.82) is 0 Å². The van der Waals surface area contributed by atoms with Crippen LogP contribution in [-0.2, 0) is 16.8 Å². The monoisotopic (exact) mass is 390 g/mol. The van der Waals surface area contributed by atoms with E-state index in [9.17, 15) is 14.3 Å². The number of likely N-dealkylation sites (N-methyl/N-ethyl adjacent to an activating group) is 1. The van der Waals surface area contributed by atoms with Crippen molar-refractivity contribution in [3.8, 4) is 0 Å². The number of hydrogen-bond acceptors (Lipinski definition) is 3. The van der Waals surface area contributed by atoms with E-state index in [1.807, 2.05) is 49.3 Å². The van der Waals surface area contributed by atoms with Crippen LogP contribution in [-0.4, -0.2) is 54.0 Å². The van der Waals surface area contributed by atoms with Gasteiger partial charge in [-0.05, 0) is 43.8 Å². The molecule has 6 heteroatoms. The molecule has 27 heavy (non-hydrogen) atoms. The van der Waals surface area contributed by atoms with Gasteiger partial charge in [0.2, 0.25) is 5.91 Å². The molecule has 2 aromatic rings. The van der Waals surface area contributed by atoms with Crippen LogP contribution in [0.4, 0.5) is 4.39 Å². The zero-order valence-corrected chi connectivity index (χ0v) is 16.3. The van der Waals surface area contributed by atoms with Gasteiger partial charge in [-0.3, -0.25) is 4.79 Å². The van der Waals surface area contributed by atoms with Crippen LogP contribution in [0.1, 0.15) is 17.5 Å². The molecule has 0 aliphatic carbocycles. The lowest BCUT2D eigenvalue weighted by Crippen LogP contribution is -2.60. The topological polar surface area (TPSA) is 43.8 Å². The molecule has 4 nitrogen and oxygen atoms in total. The number of benzene rings is 2.